The van der Waals surface area contributed by atoms with Crippen LogP contribution in [-0.2, 0) is 31.7 Å². The van der Waals surface area contributed by atoms with E-state index < -0.39 is 20.8 Å². The Morgan fingerprint density at radius 2 is 1.41 bits per heavy atom. The molecule has 0 aromatic heterocycles. The van der Waals surface area contributed by atoms with Crippen molar-refractivity contribution in [1.29, 1.82) is 0 Å². The first-order valence-electron chi connectivity index (χ1n) is 9.79. The van der Waals surface area contributed by atoms with Gasteiger partial charge in [-0.15, -0.1) is 0 Å². The molecule has 0 atom stereocenters. The Hall–Kier alpha value is -0.557. The second-order valence-corrected chi connectivity index (χ2v) is 13.2. The molecule has 1 nitrogen and oxygen atoms in total. The van der Waals surface area contributed by atoms with Crippen LogP contribution in [0.3, 0.4) is 0 Å². The fourth-order valence-electron chi connectivity index (χ4n) is 3.75. The first-order valence-corrected chi connectivity index (χ1v) is 16.1. The first-order chi connectivity index (χ1) is 13.4. The van der Waals surface area contributed by atoms with Crippen molar-refractivity contribution in [2.45, 2.75) is 59.3 Å². The maximum absolute atomic E-state index is 5.91. The Balaban J connectivity index is 0.000000941. The summed E-state index contributed by atoms with van der Waals surface area (Å²) in [6.45, 7) is 15.7. The summed E-state index contributed by atoms with van der Waals surface area (Å²) in [6, 6.07) is 11.2. The summed E-state index contributed by atoms with van der Waals surface area (Å²) in [5.74, 6) is 1.03. The van der Waals surface area contributed by atoms with E-state index >= 15 is 0 Å². The Morgan fingerprint density at radius 1 is 0.897 bits per heavy atom. The molecule has 0 saturated carbocycles. The van der Waals surface area contributed by atoms with E-state index in [1.807, 2.05) is 0 Å². The average Bonchev–Trinajstić information content (AvgIpc) is 2.99. The van der Waals surface area contributed by atoms with Crippen LogP contribution in [0.1, 0.15) is 70.7 Å². The van der Waals surface area contributed by atoms with E-state index in [2.05, 4.69) is 91.3 Å². The molecule has 4 heteroatoms. The summed E-state index contributed by atoms with van der Waals surface area (Å²) < 4.78 is 5.91. The average molecular weight is 510 g/mol. The van der Waals surface area contributed by atoms with Crippen LogP contribution in [0.25, 0.3) is 17.2 Å². The molecule has 155 valence electrons. The van der Waals surface area contributed by atoms with Gasteiger partial charge in [-0.2, -0.15) is 0 Å². The third-order valence-corrected chi connectivity index (χ3v) is 5.12. The van der Waals surface area contributed by atoms with Gasteiger partial charge < -0.3 is 4.74 Å². The molecule has 0 aliphatic heterocycles. The molecule has 0 spiro atoms. The Kier molecular flexibility index (Phi) is 8.28. The van der Waals surface area contributed by atoms with E-state index in [0.717, 1.165) is 5.75 Å². The molecule has 0 amide bonds. The summed E-state index contributed by atoms with van der Waals surface area (Å²) in [4.78, 5) is 0. The van der Waals surface area contributed by atoms with Gasteiger partial charge in [-0.3, -0.25) is 0 Å². The predicted molar refractivity (Wildman–Crippen MR) is 125 cm³/mol. The second-order valence-electron chi connectivity index (χ2n) is 9.52. The van der Waals surface area contributed by atoms with Gasteiger partial charge in [0.25, 0.3) is 0 Å². The van der Waals surface area contributed by atoms with Gasteiger partial charge in [0.2, 0.25) is 0 Å². The molecular formula is C25H31Cl2OZr. The number of ether oxygens (including phenoxy) is 1. The minimum absolute atomic E-state index is 0.0111. The molecule has 1 aliphatic rings. The Morgan fingerprint density at radius 3 is 1.86 bits per heavy atom. The second kappa shape index (κ2) is 9.72. The fourth-order valence-corrected chi connectivity index (χ4v) is 3.75. The zero-order valence-corrected chi connectivity index (χ0v) is 22.7. The van der Waals surface area contributed by atoms with Crippen LogP contribution in [0, 0.1) is 6.42 Å². The minimum atomic E-state index is -0.826. The van der Waals surface area contributed by atoms with Gasteiger partial charge in [0.05, 0.1) is 7.11 Å². The third-order valence-electron chi connectivity index (χ3n) is 5.12. The number of rotatable bonds is 2. The maximum atomic E-state index is 5.91. The SMILES string of the molecule is COc1c(C(C)(C)C)cc(-c2cccc3c2C=C(C)[CH]3)cc1C(C)(C)C.[Cl][Zr][Cl]. The van der Waals surface area contributed by atoms with Crippen molar-refractivity contribution >= 4 is 23.1 Å². The number of hydrogen-bond acceptors (Lipinski definition) is 1. The Bertz CT molecular complexity index is 867. The molecule has 2 aromatic carbocycles. The van der Waals surface area contributed by atoms with Gasteiger partial charge >= 0.3 is 37.9 Å². The zero-order chi connectivity index (χ0) is 22.0. The van der Waals surface area contributed by atoms with E-state index in [4.69, 9.17) is 21.8 Å². The molecule has 0 bridgehead atoms. The number of hydrogen-bond donors (Lipinski definition) is 0. The summed E-state index contributed by atoms with van der Waals surface area (Å²) in [7, 11) is 11.7. The van der Waals surface area contributed by atoms with Crippen molar-refractivity contribution in [2.24, 2.45) is 0 Å². The van der Waals surface area contributed by atoms with E-state index in [1.165, 1.54) is 39.0 Å². The molecule has 29 heavy (non-hydrogen) atoms. The van der Waals surface area contributed by atoms with Crippen LogP contribution in [0.4, 0.5) is 0 Å². The van der Waals surface area contributed by atoms with Crippen LogP contribution in [0.5, 0.6) is 5.75 Å². The molecule has 0 heterocycles. The molecule has 0 unspecified atom stereocenters. The van der Waals surface area contributed by atoms with E-state index in [1.54, 1.807) is 7.11 Å². The molecule has 1 radical (unpaired) electrons. The topological polar surface area (TPSA) is 9.23 Å². The van der Waals surface area contributed by atoms with Crippen LogP contribution in [0.2, 0.25) is 0 Å². The fraction of sp³-hybridized carbons (Fsp3) is 0.400. The van der Waals surface area contributed by atoms with Gasteiger partial charge in [-0.25, -0.2) is 0 Å². The number of allylic oxidation sites excluding steroid dienone is 1. The summed E-state index contributed by atoms with van der Waals surface area (Å²) in [5, 5.41) is 0. The monoisotopic (exact) mass is 507 g/mol. The van der Waals surface area contributed by atoms with E-state index in [-0.39, 0.29) is 10.8 Å². The van der Waals surface area contributed by atoms with Crippen molar-refractivity contribution < 1.29 is 25.6 Å². The molecule has 2 aromatic rings. The van der Waals surface area contributed by atoms with Crippen molar-refractivity contribution in [3.05, 3.63) is 64.6 Å². The number of benzene rings is 2. The molecular weight excluding hydrogens is 478 g/mol. The first kappa shape index (κ1) is 24.7. The summed E-state index contributed by atoms with van der Waals surface area (Å²) in [5.41, 5.74) is 9.08. The van der Waals surface area contributed by atoms with Gasteiger partial charge in [0.15, 0.2) is 0 Å². The van der Waals surface area contributed by atoms with Gasteiger partial charge in [-0.05, 0) is 52.1 Å². The molecule has 1 aliphatic carbocycles. The van der Waals surface area contributed by atoms with Crippen LogP contribution in [-0.4, -0.2) is 7.11 Å². The van der Waals surface area contributed by atoms with Crippen molar-refractivity contribution in [3.63, 3.8) is 0 Å². The van der Waals surface area contributed by atoms with Gasteiger partial charge in [0, 0.05) is 17.5 Å². The number of methoxy groups -OCH3 is 1. The van der Waals surface area contributed by atoms with Crippen LogP contribution < -0.4 is 4.74 Å². The quantitative estimate of drug-likeness (QED) is 0.396. The van der Waals surface area contributed by atoms with E-state index in [9.17, 15) is 0 Å². The van der Waals surface area contributed by atoms with Crippen LogP contribution in [0.15, 0.2) is 35.9 Å². The summed E-state index contributed by atoms with van der Waals surface area (Å²) in [6.07, 6.45) is 4.56. The van der Waals surface area contributed by atoms with Gasteiger partial charge in [-0.1, -0.05) is 71.4 Å². The number of halogens is 2. The van der Waals surface area contributed by atoms with Crippen molar-refractivity contribution in [3.8, 4) is 16.9 Å². The zero-order valence-electron chi connectivity index (χ0n) is 18.7. The third kappa shape index (κ3) is 5.78. The molecule has 3 rings (SSSR count). The summed E-state index contributed by atoms with van der Waals surface area (Å²) >= 11 is -0.826. The molecule has 0 fully saturated rings. The molecule has 0 saturated heterocycles. The van der Waals surface area contributed by atoms with Gasteiger partial charge in [0.1, 0.15) is 5.75 Å². The van der Waals surface area contributed by atoms with Crippen LogP contribution >= 0.6 is 17.0 Å². The molecule has 0 N–H and O–H groups in total. The predicted octanol–water partition coefficient (Wildman–Crippen LogP) is 8.30. The Labute approximate surface area is 195 Å². The standard InChI is InChI=1S/C25H31O.2ClH.Zr/c1-16-12-17-10-9-11-19(20(17)13-16)18-14-21(24(2,3)4)23(26-8)22(15-18)25(5,6)7;;;/h9-15H,1-8H3;2*1H;/q;;;+2/p-2. The normalized spacial score (nSPS) is 13.2. The van der Waals surface area contributed by atoms with Crippen molar-refractivity contribution in [1.82, 2.24) is 0 Å². The van der Waals surface area contributed by atoms with Crippen molar-refractivity contribution in [2.75, 3.05) is 7.11 Å². The van der Waals surface area contributed by atoms with E-state index in [0.29, 0.717) is 0 Å². The number of fused-ring (bicyclic) bond motifs is 1.